The molecule has 0 bridgehead atoms. The lowest BCUT2D eigenvalue weighted by atomic mass is 10.0. The maximum Gasteiger partial charge on any atom is 0.111 e. The van der Waals surface area contributed by atoms with Gasteiger partial charge in [-0.15, -0.1) is 0 Å². The van der Waals surface area contributed by atoms with E-state index in [9.17, 15) is 15.3 Å². The lowest BCUT2D eigenvalue weighted by Crippen LogP contribution is -2.48. The Bertz CT molecular complexity index is 250. The molecule has 6 nitrogen and oxygen atoms in total. The largest absolute Gasteiger partial charge is 0.394 e. The summed E-state index contributed by atoms with van der Waals surface area (Å²) in [6.07, 6.45) is 3.60. The molecule has 0 aliphatic heterocycles. The minimum atomic E-state index is -1.57. The van der Waals surface area contributed by atoms with Gasteiger partial charge in [-0.05, 0) is 19.0 Å². The fourth-order valence-electron chi connectivity index (χ4n) is 1.73. The van der Waals surface area contributed by atoms with Gasteiger partial charge in [0.2, 0.25) is 0 Å². The molecule has 0 unspecified atom stereocenters. The van der Waals surface area contributed by atoms with Crippen molar-refractivity contribution in [3.05, 3.63) is 12.3 Å². The van der Waals surface area contributed by atoms with Crippen molar-refractivity contribution in [2.75, 3.05) is 13.2 Å². The molecule has 20 heavy (non-hydrogen) atoms. The Morgan fingerprint density at radius 2 is 1.60 bits per heavy atom. The smallest absolute Gasteiger partial charge is 0.111 e. The molecule has 0 aliphatic rings. The minimum Gasteiger partial charge on any atom is -0.394 e. The summed E-state index contributed by atoms with van der Waals surface area (Å²) in [5.41, 5.74) is 0. The summed E-state index contributed by atoms with van der Waals surface area (Å²) >= 11 is 0. The van der Waals surface area contributed by atoms with Gasteiger partial charge in [-0.25, -0.2) is 0 Å². The molecule has 6 heteroatoms. The first-order valence-electron chi connectivity index (χ1n) is 7.26. The van der Waals surface area contributed by atoms with E-state index in [0.29, 0.717) is 0 Å². The summed E-state index contributed by atoms with van der Waals surface area (Å²) in [6.45, 7) is 1.55. The van der Waals surface area contributed by atoms with Gasteiger partial charge in [0, 0.05) is 6.54 Å². The quantitative estimate of drug-likeness (QED) is 0.270. The van der Waals surface area contributed by atoms with Gasteiger partial charge in [-0.3, -0.25) is 0 Å². The average molecular weight is 291 g/mol. The van der Waals surface area contributed by atoms with Crippen LogP contribution in [0.3, 0.4) is 0 Å². The van der Waals surface area contributed by atoms with E-state index < -0.39 is 31.0 Å². The molecule has 0 fully saturated rings. The number of hydrogen-bond acceptors (Lipinski definition) is 6. The van der Waals surface area contributed by atoms with Crippen LogP contribution in [0.15, 0.2) is 12.3 Å². The van der Waals surface area contributed by atoms with Gasteiger partial charge >= 0.3 is 0 Å². The molecule has 6 N–H and O–H groups in total. The molecule has 0 heterocycles. The van der Waals surface area contributed by atoms with Gasteiger partial charge < -0.3 is 30.8 Å². The second-order valence-corrected chi connectivity index (χ2v) is 4.96. The van der Waals surface area contributed by atoms with Gasteiger partial charge in [0.25, 0.3) is 0 Å². The summed E-state index contributed by atoms with van der Waals surface area (Å²) in [4.78, 5) is 0. The van der Waals surface area contributed by atoms with Gasteiger partial charge in [-0.1, -0.05) is 32.3 Å². The van der Waals surface area contributed by atoms with E-state index in [-0.39, 0.29) is 6.54 Å². The highest BCUT2D eigenvalue weighted by molar-refractivity contribution is 4.85. The first kappa shape index (κ1) is 19.3. The molecule has 0 aliphatic carbocycles. The third-order valence-corrected chi connectivity index (χ3v) is 3.11. The topological polar surface area (TPSA) is 113 Å². The first-order chi connectivity index (χ1) is 9.54. The SMILES string of the molecule is CCCCCCC=CNC[C@H](O)[C@@H](O)[C@H](O)[C@H](O)CO. The zero-order valence-electron chi connectivity index (χ0n) is 12.1. The minimum absolute atomic E-state index is 0.0574. The Kier molecular flexibility index (Phi) is 11.7. The lowest BCUT2D eigenvalue weighted by molar-refractivity contribution is -0.113. The summed E-state index contributed by atoms with van der Waals surface area (Å²) in [5.74, 6) is 0. The van der Waals surface area contributed by atoms with E-state index in [4.69, 9.17) is 10.2 Å². The Balaban J connectivity index is 3.75. The third kappa shape index (κ3) is 8.50. The lowest BCUT2D eigenvalue weighted by Gasteiger charge is -2.25. The van der Waals surface area contributed by atoms with Crippen LogP contribution in [0.1, 0.15) is 39.0 Å². The number of hydrogen-bond donors (Lipinski definition) is 6. The molecule has 0 aromatic carbocycles. The molecular weight excluding hydrogens is 262 g/mol. The fraction of sp³-hybridized carbons (Fsp3) is 0.857. The highest BCUT2D eigenvalue weighted by Crippen LogP contribution is 2.05. The van der Waals surface area contributed by atoms with E-state index in [1.54, 1.807) is 6.20 Å². The normalized spacial score (nSPS) is 17.9. The monoisotopic (exact) mass is 291 g/mol. The molecule has 0 spiro atoms. The van der Waals surface area contributed by atoms with Gasteiger partial charge in [0.05, 0.1) is 12.7 Å². The van der Waals surface area contributed by atoms with Crippen LogP contribution < -0.4 is 5.32 Å². The fourth-order valence-corrected chi connectivity index (χ4v) is 1.73. The van der Waals surface area contributed by atoms with E-state index in [1.807, 2.05) is 6.08 Å². The maximum absolute atomic E-state index is 9.61. The molecule has 0 radical (unpaired) electrons. The molecule has 0 amide bonds. The van der Waals surface area contributed by atoms with Crippen molar-refractivity contribution >= 4 is 0 Å². The zero-order chi connectivity index (χ0) is 15.4. The number of aliphatic hydroxyl groups excluding tert-OH is 5. The zero-order valence-corrected chi connectivity index (χ0v) is 12.1. The highest BCUT2D eigenvalue weighted by atomic mass is 16.4. The second kappa shape index (κ2) is 12.1. The molecule has 4 atom stereocenters. The Morgan fingerprint density at radius 1 is 0.950 bits per heavy atom. The van der Waals surface area contributed by atoms with Gasteiger partial charge in [0.1, 0.15) is 18.3 Å². The summed E-state index contributed by atoms with van der Waals surface area (Å²) < 4.78 is 0. The molecule has 0 saturated carbocycles. The highest BCUT2D eigenvalue weighted by Gasteiger charge is 2.29. The molecule has 0 rings (SSSR count). The predicted octanol–water partition coefficient (Wildman–Crippen LogP) is -0.504. The molecule has 120 valence electrons. The van der Waals surface area contributed by atoms with Crippen molar-refractivity contribution in [2.24, 2.45) is 0 Å². The average Bonchev–Trinajstić information content (AvgIpc) is 2.47. The van der Waals surface area contributed by atoms with E-state index in [2.05, 4.69) is 12.2 Å². The van der Waals surface area contributed by atoms with Crippen molar-refractivity contribution in [1.29, 1.82) is 0 Å². The van der Waals surface area contributed by atoms with Crippen LogP contribution in [-0.4, -0.2) is 63.1 Å². The number of unbranched alkanes of at least 4 members (excludes halogenated alkanes) is 4. The Morgan fingerprint density at radius 3 is 2.20 bits per heavy atom. The molecule has 0 aromatic rings. The van der Waals surface area contributed by atoms with E-state index in [1.165, 1.54) is 19.3 Å². The summed E-state index contributed by atoms with van der Waals surface area (Å²) in [7, 11) is 0. The summed E-state index contributed by atoms with van der Waals surface area (Å²) in [6, 6.07) is 0. The van der Waals surface area contributed by atoms with Crippen molar-refractivity contribution in [3.8, 4) is 0 Å². The van der Waals surface area contributed by atoms with Crippen LogP contribution >= 0.6 is 0 Å². The van der Waals surface area contributed by atoms with Crippen molar-refractivity contribution < 1.29 is 25.5 Å². The van der Waals surface area contributed by atoms with Crippen molar-refractivity contribution in [3.63, 3.8) is 0 Å². The molecular formula is C14H29NO5. The van der Waals surface area contributed by atoms with E-state index in [0.717, 1.165) is 12.8 Å². The number of rotatable bonds is 12. The first-order valence-corrected chi connectivity index (χ1v) is 7.26. The van der Waals surface area contributed by atoms with Crippen molar-refractivity contribution in [1.82, 2.24) is 5.32 Å². The number of aliphatic hydroxyl groups is 5. The van der Waals surface area contributed by atoms with Crippen LogP contribution in [0, 0.1) is 0 Å². The predicted molar refractivity (Wildman–Crippen MR) is 77.0 cm³/mol. The third-order valence-electron chi connectivity index (χ3n) is 3.11. The Hall–Kier alpha value is -0.660. The molecule has 0 aromatic heterocycles. The van der Waals surface area contributed by atoms with Crippen molar-refractivity contribution in [2.45, 2.75) is 63.4 Å². The van der Waals surface area contributed by atoms with Crippen LogP contribution in [-0.2, 0) is 0 Å². The van der Waals surface area contributed by atoms with Gasteiger partial charge in [-0.2, -0.15) is 0 Å². The van der Waals surface area contributed by atoms with Crippen LogP contribution in [0.2, 0.25) is 0 Å². The van der Waals surface area contributed by atoms with E-state index >= 15 is 0 Å². The van der Waals surface area contributed by atoms with Gasteiger partial charge in [0.15, 0.2) is 0 Å². The van der Waals surface area contributed by atoms with Crippen LogP contribution in [0.5, 0.6) is 0 Å². The summed E-state index contributed by atoms with van der Waals surface area (Å²) in [5, 5.41) is 49.2. The Labute approximate surface area is 120 Å². The van der Waals surface area contributed by atoms with Crippen LogP contribution in [0.25, 0.3) is 0 Å². The number of allylic oxidation sites excluding steroid dienone is 1. The second-order valence-electron chi connectivity index (χ2n) is 4.96. The molecule has 0 saturated heterocycles. The number of nitrogens with one attached hydrogen (secondary N) is 1. The maximum atomic E-state index is 9.61. The van der Waals surface area contributed by atoms with Crippen LogP contribution in [0.4, 0.5) is 0 Å². The standard InChI is InChI=1S/C14H29NO5/c1-2-3-4-5-6-7-8-15-9-11(17)13(19)14(20)12(18)10-16/h7-8,11-20H,2-6,9-10H2,1H3/t11-,12+,13+,14+/m0/s1.